The van der Waals surface area contributed by atoms with Gasteiger partial charge in [0, 0.05) is 18.3 Å². The quantitative estimate of drug-likeness (QED) is 0.875. The summed E-state index contributed by atoms with van der Waals surface area (Å²) >= 11 is 0. The van der Waals surface area contributed by atoms with Gasteiger partial charge in [-0.2, -0.15) is 0 Å². The molecule has 0 saturated heterocycles. The van der Waals surface area contributed by atoms with Crippen LogP contribution in [-0.2, 0) is 6.54 Å². The first-order valence-corrected chi connectivity index (χ1v) is 6.81. The zero-order valence-electron chi connectivity index (χ0n) is 11.9. The van der Waals surface area contributed by atoms with Crippen molar-refractivity contribution in [1.29, 1.82) is 0 Å². The third-order valence-electron chi connectivity index (χ3n) is 2.92. The summed E-state index contributed by atoms with van der Waals surface area (Å²) in [5.41, 5.74) is 7.54. The lowest BCUT2D eigenvalue weighted by atomic mass is 10.2. The Morgan fingerprint density at radius 1 is 1.10 bits per heavy atom. The molecule has 0 unspecified atom stereocenters. The molecule has 1 aromatic heterocycles. The standard InChI is InChI=1S/C16H20N2O2/c1-3-10-19-14-6-4-5-7-15(14)20-16-9-8-13(11-17)12(2)18-16/h4-9H,3,10-11,17H2,1-2H3. The Hall–Kier alpha value is -2.07. The topological polar surface area (TPSA) is 57.4 Å². The van der Waals surface area contributed by atoms with Crippen molar-refractivity contribution in [2.45, 2.75) is 26.8 Å². The van der Waals surface area contributed by atoms with Gasteiger partial charge in [0.15, 0.2) is 11.5 Å². The molecule has 0 fully saturated rings. The van der Waals surface area contributed by atoms with Crippen LogP contribution in [0.3, 0.4) is 0 Å². The Bertz CT molecular complexity index is 570. The van der Waals surface area contributed by atoms with Crippen LogP contribution in [0, 0.1) is 6.92 Å². The van der Waals surface area contributed by atoms with Gasteiger partial charge in [-0.15, -0.1) is 0 Å². The van der Waals surface area contributed by atoms with Gasteiger partial charge in [0.2, 0.25) is 5.88 Å². The zero-order chi connectivity index (χ0) is 14.4. The van der Waals surface area contributed by atoms with Gasteiger partial charge < -0.3 is 15.2 Å². The molecule has 2 aromatic rings. The van der Waals surface area contributed by atoms with E-state index < -0.39 is 0 Å². The number of nitrogens with zero attached hydrogens (tertiary/aromatic N) is 1. The number of hydrogen-bond donors (Lipinski definition) is 1. The van der Waals surface area contributed by atoms with Crippen molar-refractivity contribution in [3.8, 4) is 17.4 Å². The average molecular weight is 272 g/mol. The molecule has 0 aliphatic carbocycles. The molecule has 2 rings (SSSR count). The van der Waals surface area contributed by atoms with E-state index in [2.05, 4.69) is 11.9 Å². The zero-order valence-corrected chi connectivity index (χ0v) is 11.9. The van der Waals surface area contributed by atoms with E-state index in [0.29, 0.717) is 24.8 Å². The smallest absolute Gasteiger partial charge is 0.219 e. The van der Waals surface area contributed by atoms with E-state index in [1.165, 1.54) is 0 Å². The van der Waals surface area contributed by atoms with Crippen molar-refractivity contribution < 1.29 is 9.47 Å². The molecule has 0 aliphatic rings. The minimum Gasteiger partial charge on any atom is -0.490 e. The minimum absolute atomic E-state index is 0.481. The largest absolute Gasteiger partial charge is 0.490 e. The Morgan fingerprint density at radius 3 is 2.50 bits per heavy atom. The van der Waals surface area contributed by atoms with Gasteiger partial charge in [-0.25, -0.2) is 4.98 Å². The molecule has 0 aliphatic heterocycles. The first-order chi connectivity index (χ1) is 9.74. The average Bonchev–Trinajstić information content (AvgIpc) is 2.46. The summed E-state index contributed by atoms with van der Waals surface area (Å²) in [5.74, 6) is 1.96. The summed E-state index contributed by atoms with van der Waals surface area (Å²) in [7, 11) is 0. The molecular weight excluding hydrogens is 252 g/mol. The molecule has 2 N–H and O–H groups in total. The van der Waals surface area contributed by atoms with E-state index in [0.717, 1.165) is 23.4 Å². The molecule has 0 saturated carbocycles. The number of benzene rings is 1. The highest BCUT2D eigenvalue weighted by molar-refractivity contribution is 5.42. The maximum Gasteiger partial charge on any atom is 0.219 e. The third kappa shape index (κ3) is 3.48. The molecule has 4 nitrogen and oxygen atoms in total. The number of pyridine rings is 1. The van der Waals surface area contributed by atoms with Crippen molar-refractivity contribution in [3.63, 3.8) is 0 Å². The molecule has 20 heavy (non-hydrogen) atoms. The van der Waals surface area contributed by atoms with Gasteiger partial charge in [0.1, 0.15) is 0 Å². The lowest BCUT2D eigenvalue weighted by Crippen LogP contribution is -2.02. The maximum absolute atomic E-state index is 5.81. The van der Waals surface area contributed by atoms with Crippen LogP contribution in [0.1, 0.15) is 24.6 Å². The summed E-state index contributed by atoms with van der Waals surface area (Å²) in [5, 5.41) is 0. The molecule has 0 amide bonds. The predicted molar refractivity (Wildman–Crippen MR) is 79.2 cm³/mol. The fraction of sp³-hybridized carbons (Fsp3) is 0.312. The van der Waals surface area contributed by atoms with Crippen molar-refractivity contribution in [2.24, 2.45) is 5.73 Å². The summed E-state index contributed by atoms with van der Waals surface area (Å²) < 4.78 is 11.5. The second kappa shape index (κ2) is 6.91. The number of para-hydroxylation sites is 2. The fourth-order valence-corrected chi connectivity index (χ4v) is 1.82. The molecule has 1 heterocycles. The highest BCUT2D eigenvalue weighted by atomic mass is 16.5. The van der Waals surface area contributed by atoms with Crippen LogP contribution in [0.4, 0.5) is 0 Å². The van der Waals surface area contributed by atoms with E-state index in [1.54, 1.807) is 0 Å². The molecule has 0 spiro atoms. The van der Waals surface area contributed by atoms with Crippen LogP contribution >= 0.6 is 0 Å². The van der Waals surface area contributed by atoms with Crippen LogP contribution < -0.4 is 15.2 Å². The number of hydrogen-bond acceptors (Lipinski definition) is 4. The summed E-state index contributed by atoms with van der Waals surface area (Å²) in [6.07, 6.45) is 0.955. The van der Waals surface area contributed by atoms with Gasteiger partial charge in [-0.1, -0.05) is 25.1 Å². The molecule has 0 atom stereocenters. The normalized spacial score (nSPS) is 10.3. The highest BCUT2D eigenvalue weighted by Crippen LogP contribution is 2.30. The SMILES string of the molecule is CCCOc1ccccc1Oc1ccc(CN)c(C)n1. The number of rotatable bonds is 6. The summed E-state index contributed by atoms with van der Waals surface area (Å²) in [4.78, 5) is 4.40. The Balaban J connectivity index is 2.19. The van der Waals surface area contributed by atoms with Gasteiger partial charge in [-0.3, -0.25) is 0 Å². The third-order valence-corrected chi connectivity index (χ3v) is 2.92. The molecule has 0 bridgehead atoms. The Kier molecular flexibility index (Phi) is 4.96. The molecule has 1 aromatic carbocycles. The molecule has 4 heteroatoms. The van der Waals surface area contributed by atoms with Gasteiger partial charge in [-0.05, 0) is 31.0 Å². The van der Waals surface area contributed by atoms with Crippen molar-refractivity contribution in [3.05, 3.63) is 47.7 Å². The van der Waals surface area contributed by atoms with Gasteiger partial charge in [0.05, 0.1) is 6.61 Å². The van der Waals surface area contributed by atoms with Crippen molar-refractivity contribution in [2.75, 3.05) is 6.61 Å². The highest BCUT2D eigenvalue weighted by Gasteiger charge is 2.07. The molecule has 106 valence electrons. The van der Waals surface area contributed by atoms with Crippen molar-refractivity contribution >= 4 is 0 Å². The van der Waals surface area contributed by atoms with E-state index in [-0.39, 0.29) is 0 Å². The molecule has 0 radical (unpaired) electrons. The lowest BCUT2D eigenvalue weighted by molar-refractivity contribution is 0.300. The van der Waals surface area contributed by atoms with E-state index in [9.17, 15) is 0 Å². The second-order valence-corrected chi connectivity index (χ2v) is 4.50. The van der Waals surface area contributed by atoms with Gasteiger partial charge in [0.25, 0.3) is 0 Å². The van der Waals surface area contributed by atoms with Crippen LogP contribution in [-0.4, -0.2) is 11.6 Å². The van der Waals surface area contributed by atoms with Crippen LogP contribution in [0.25, 0.3) is 0 Å². The molecular formula is C16H20N2O2. The first-order valence-electron chi connectivity index (χ1n) is 6.81. The van der Waals surface area contributed by atoms with E-state index >= 15 is 0 Å². The maximum atomic E-state index is 5.81. The lowest BCUT2D eigenvalue weighted by Gasteiger charge is -2.12. The van der Waals surface area contributed by atoms with Gasteiger partial charge >= 0.3 is 0 Å². The fourth-order valence-electron chi connectivity index (χ4n) is 1.82. The number of nitrogens with two attached hydrogens (primary N) is 1. The first kappa shape index (κ1) is 14.3. The van der Waals surface area contributed by atoms with Crippen LogP contribution in [0.5, 0.6) is 17.4 Å². The number of aromatic nitrogens is 1. The van der Waals surface area contributed by atoms with E-state index in [4.69, 9.17) is 15.2 Å². The second-order valence-electron chi connectivity index (χ2n) is 4.50. The summed E-state index contributed by atoms with van der Waals surface area (Å²) in [6, 6.07) is 11.4. The van der Waals surface area contributed by atoms with E-state index in [1.807, 2.05) is 43.3 Å². The number of ether oxygens (including phenoxy) is 2. The van der Waals surface area contributed by atoms with Crippen LogP contribution in [0.15, 0.2) is 36.4 Å². The van der Waals surface area contributed by atoms with Crippen LogP contribution in [0.2, 0.25) is 0 Å². The monoisotopic (exact) mass is 272 g/mol. The predicted octanol–water partition coefficient (Wildman–Crippen LogP) is 3.43. The van der Waals surface area contributed by atoms with Crippen molar-refractivity contribution in [1.82, 2.24) is 4.98 Å². The Labute approximate surface area is 119 Å². The summed E-state index contributed by atoms with van der Waals surface area (Å²) in [6.45, 7) is 5.14. The minimum atomic E-state index is 0.481. The number of aryl methyl sites for hydroxylation is 1. The Morgan fingerprint density at radius 2 is 1.85 bits per heavy atom.